The number of furan rings is 1. The molecule has 0 unspecified atom stereocenters. The Morgan fingerprint density at radius 3 is 2.55 bits per heavy atom. The summed E-state index contributed by atoms with van der Waals surface area (Å²) in [5.41, 5.74) is 6.51. The van der Waals surface area contributed by atoms with Gasteiger partial charge in [0.2, 0.25) is 0 Å². The second-order valence-electron chi connectivity index (χ2n) is 4.15. The van der Waals surface area contributed by atoms with E-state index in [1.165, 1.54) is 0 Å². The van der Waals surface area contributed by atoms with Crippen LogP contribution < -0.4 is 11.1 Å². The van der Waals surface area contributed by atoms with Gasteiger partial charge >= 0.3 is 0 Å². The molecule has 6 heteroatoms. The molecule has 0 spiro atoms. The second kappa shape index (κ2) is 6.42. The predicted octanol–water partition coefficient (Wildman–Crippen LogP) is 1.35. The van der Waals surface area contributed by atoms with Crippen molar-refractivity contribution in [3.63, 3.8) is 0 Å². The van der Waals surface area contributed by atoms with Gasteiger partial charge in [0.15, 0.2) is 5.84 Å². The molecule has 0 bridgehead atoms. The molecule has 2 rings (SSSR count). The summed E-state index contributed by atoms with van der Waals surface area (Å²) in [6.07, 6.45) is 2.24. The van der Waals surface area contributed by atoms with E-state index >= 15 is 0 Å². The maximum atomic E-state index is 11.9. The van der Waals surface area contributed by atoms with Crippen molar-refractivity contribution in [2.75, 3.05) is 6.54 Å². The molecule has 0 atom stereocenters. The van der Waals surface area contributed by atoms with Gasteiger partial charge in [-0.3, -0.25) is 4.79 Å². The summed E-state index contributed by atoms with van der Waals surface area (Å²) in [4.78, 5) is 11.9. The van der Waals surface area contributed by atoms with E-state index in [1.807, 2.05) is 12.1 Å². The van der Waals surface area contributed by atoms with Crippen molar-refractivity contribution in [2.24, 2.45) is 10.9 Å². The molecule has 6 nitrogen and oxygen atoms in total. The first-order chi connectivity index (χ1) is 9.70. The smallest absolute Gasteiger partial charge is 0.251 e. The zero-order valence-corrected chi connectivity index (χ0v) is 10.7. The van der Waals surface area contributed by atoms with Crippen molar-refractivity contribution in [3.05, 3.63) is 59.5 Å². The minimum Gasteiger partial charge on any atom is -0.469 e. The number of carbonyl (C=O) groups excluding carboxylic acids is 1. The average Bonchev–Trinajstić information content (AvgIpc) is 2.99. The first kappa shape index (κ1) is 13.7. The van der Waals surface area contributed by atoms with Gasteiger partial charge in [-0.25, -0.2) is 0 Å². The maximum absolute atomic E-state index is 11.9. The fourth-order valence-corrected chi connectivity index (χ4v) is 1.71. The van der Waals surface area contributed by atoms with Crippen LogP contribution in [0.5, 0.6) is 0 Å². The van der Waals surface area contributed by atoms with Gasteiger partial charge in [0, 0.05) is 24.1 Å². The van der Waals surface area contributed by atoms with Crippen molar-refractivity contribution in [1.82, 2.24) is 5.32 Å². The zero-order valence-electron chi connectivity index (χ0n) is 10.7. The summed E-state index contributed by atoms with van der Waals surface area (Å²) < 4.78 is 5.17. The van der Waals surface area contributed by atoms with Crippen molar-refractivity contribution >= 4 is 11.7 Å². The lowest BCUT2D eigenvalue weighted by Crippen LogP contribution is -2.25. The molecule has 1 aromatic heterocycles. The third-order valence-electron chi connectivity index (χ3n) is 2.79. The topological polar surface area (TPSA) is 101 Å². The fraction of sp³-hybridized carbons (Fsp3) is 0.143. The van der Waals surface area contributed by atoms with Gasteiger partial charge in [0.1, 0.15) is 5.76 Å². The molecular formula is C14H15N3O3. The molecule has 0 radical (unpaired) electrons. The van der Waals surface area contributed by atoms with Gasteiger partial charge in [-0.1, -0.05) is 17.3 Å². The van der Waals surface area contributed by atoms with Crippen molar-refractivity contribution in [2.45, 2.75) is 6.42 Å². The average molecular weight is 273 g/mol. The summed E-state index contributed by atoms with van der Waals surface area (Å²) in [5.74, 6) is 0.657. The van der Waals surface area contributed by atoms with Crippen molar-refractivity contribution < 1.29 is 14.4 Å². The molecule has 104 valence electrons. The molecule has 1 amide bonds. The normalized spacial score (nSPS) is 11.3. The SMILES string of the molecule is NC(=NO)c1ccc(C(=O)NCCc2ccco2)cc1. The maximum Gasteiger partial charge on any atom is 0.251 e. The Hall–Kier alpha value is -2.76. The van der Waals surface area contributed by atoms with E-state index in [9.17, 15) is 4.79 Å². The van der Waals surface area contributed by atoms with Crippen molar-refractivity contribution in [3.8, 4) is 0 Å². The number of hydrogen-bond acceptors (Lipinski definition) is 4. The monoisotopic (exact) mass is 273 g/mol. The van der Waals surface area contributed by atoms with E-state index in [2.05, 4.69) is 10.5 Å². The van der Waals surface area contributed by atoms with Crippen LogP contribution in [0.2, 0.25) is 0 Å². The number of amidine groups is 1. The summed E-state index contributed by atoms with van der Waals surface area (Å²) in [7, 11) is 0. The Morgan fingerprint density at radius 2 is 1.95 bits per heavy atom. The Bertz CT molecular complexity index is 589. The van der Waals surface area contributed by atoms with Crippen LogP contribution >= 0.6 is 0 Å². The third kappa shape index (κ3) is 3.38. The molecule has 20 heavy (non-hydrogen) atoms. The van der Waals surface area contributed by atoms with Gasteiger partial charge in [0.05, 0.1) is 6.26 Å². The molecule has 0 saturated heterocycles. The van der Waals surface area contributed by atoms with Crippen molar-refractivity contribution in [1.29, 1.82) is 0 Å². The summed E-state index contributed by atoms with van der Waals surface area (Å²) in [5, 5.41) is 14.2. The molecule has 4 N–H and O–H groups in total. The Labute approximate surface area is 115 Å². The lowest BCUT2D eigenvalue weighted by atomic mass is 10.1. The summed E-state index contributed by atoms with van der Waals surface area (Å²) in [6, 6.07) is 10.2. The molecule has 0 saturated carbocycles. The Kier molecular flexibility index (Phi) is 4.39. The van der Waals surface area contributed by atoms with Crippen LogP contribution in [0.1, 0.15) is 21.7 Å². The van der Waals surface area contributed by atoms with Gasteiger partial charge in [-0.05, 0) is 24.3 Å². The predicted molar refractivity (Wildman–Crippen MR) is 73.7 cm³/mol. The number of rotatable bonds is 5. The van der Waals surface area contributed by atoms with Crippen LogP contribution in [-0.4, -0.2) is 23.5 Å². The highest BCUT2D eigenvalue weighted by molar-refractivity contribution is 5.99. The minimum atomic E-state index is -0.178. The van der Waals surface area contributed by atoms with Crippen LogP contribution in [0.3, 0.4) is 0 Å². The van der Waals surface area contributed by atoms with E-state index in [4.69, 9.17) is 15.4 Å². The standard InChI is InChI=1S/C14H15N3O3/c15-13(17-19)10-3-5-11(6-4-10)14(18)16-8-7-12-2-1-9-20-12/h1-6,9,19H,7-8H2,(H2,15,17)(H,16,18). The number of carbonyl (C=O) groups is 1. The van der Waals surface area contributed by atoms with E-state index in [0.717, 1.165) is 5.76 Å². The summed E-state index contributed by atoms with van der Waals surface area (Å²) in [6.45, 7) is 0.494. The highest BCUT2D eigenvalue weighted by Gasteiger charge is 2.06. The minimum absolute atomic E-state index is 0.00905. The van der Waals surface area contributed by atoms with E-state index in [-0.39, 0.29) is 11.7 Å². The first-order valence-electron chi connectivity index (χ1n) is 6.09. The van der Waals surface area contributed by atoms with E-state index in [1.54, 1.807) is 30.5 Å². The number of hydrogen-bond donors (Lipinski definition) is 3. The molecule has 0 aliphatic rings. The van der Waals surface area contributed by atoms with Gasteiger partial charge < -0.3 is 20.7 Å². The highest BCUT2D eigenvalue weighted by Crippen LogP contribution is 2.05. The number of benzene rings is 1. The van der Waals surface area contributed by atoms with E-state index in [0.29, 0.717) is 24.1 Å². The van der Waals surface area contributed by atoms with Crippen LogP contribution in [0, 0.1) is 0 Å². The number of nitrogens with two attached hydrogens (primary N) is 1. The van der Waals surface area contributed by atoms with Gasteiger partial charge in [-0.15, -0.1) is 0 Å². The molecule has 0 aliphatic carbocycles. The summed E-state index contributed by atoms with van der Waals surface area (Å²) >= 11 is 0. The lowest BCUT2D eigenvalue weighted by molar-refractivity contribution is 0.0953. The Morgan fingerprint density at radius 1 is 1.25 bits per heavy atom. The largest absolute Gasteiger partial charge is 0.469 e. The fourth-order valence-electron chi connectivity index (χ4n) is 1.71. The molecule has 2 aromatic rings. The molecule has 1 aromatic carbocycles. The van der Waals surface area contributed by atoms with Crippen LogP contribution in [0.15, 0.2) is 52.2 Å². The Balaban J connectivity index is 1.89. The molecule has 1 heterocycles. The lowest BCUT2D eigenvalue weighted by Gasteiger charge is -2.05. The second-order valence-corrected chi connectivity index (χ2v) is 4.15. The highest BCUT2D eigenvalue weighted by atomic mass is 16.4. The first-order valence-corrected chi connectivity index (χ1v) is 6.09. The quantitative estimate of drug-likeness (QED) is 0.331. The number of oxime groups is 1. The van der Waals surface area contributed by atoms with Gasteiger partial charge in [-0.2, -0.15) is 0 Å². The third-order valence-corrected chi connectivity index (χ3v) is 2.79. The van der Waals surface area contributed by atoms with E-state index < -0.39 is 0 Å². The van der Waals surface area contributed by atoms with Crippen LogP contribution in [0.25, 0.3) is 0 Å². The molecule has 0 fully saturated rings. The number of amides is 1. The van der Waals surface area contributed by atoms with Crippen LogP contribution in [-0.2, 0) is 6.42 Å². The number of nitrogens with one attached hydrogen (secondary N) is 1. The molecule has 0 aliphatic heterocycles. The van der Waals surface area contributed by atoms with Crippen LogP contribution in [0.4, 0.5) is 0 Å². The molecular weight excluding hydrogens is 258 g/mol. The number of nitrogens with zero attached hydrogens (tertiary/aromatic N) is 1. The van der Waals surface area contributed by atoms with Gasteiger partial charge in [0.25, 0.3) is 5.91 Å². The zero-order chi connectivity index (χ0) is 14.4.